The molecule has 4 heterocycles. The van der Waals surface area contributed by atoms with E-state index in [1.165, 1.54) is 0 Å². The molecule has 1 amide bonds. The van der Waals surface area contributed by atoms with Crippen molar-refractivity contribution in [3.8, 4) is 0 Å². The number of likely N-dealkylation sites (tertiary alicyclic amines) is 1. The van der Waals surface area contributed by atoms with E-state index in [1.54, 1.807) is 4.90 Å². The fraction of sp³-hybridized carbons (Fsp3) is 0.696. The average molecular weight is 576 g/mol. The summed E-state index contributed by atoms with van der Waals surface area (Å²) in [5, 5.41) is 0.261. The van der Waals surface area contributed by atoms with Crippen molar-refractivity contribution in [2.24, 2.45) is 15.9 Å². The zero-order chi connectivity index (χ0) is 24.9. The summed E-state index contributed by atoms with van der Waals surface area (Å²) in [6.07, 6.45) is 0.209. The number of ether oxygens (including phenoxy) is 4. The Labute approximate surface area is 217 Å². The van der Waals surface area contributed by atoms with Crippen molar-refractivity contribution in [2.75, 3.05) is 39.5 Å². The van der Waals surface area contributed by atoms with E-state index in [4.69, 9.17) is 35.5 Å². The first-order valence-corrected chi connectivity index (χ1v) is 13.0. The van der Waals surface area contributed by atoms with Gasteiger partial charge < -0.3 is 23.8 Å². The van der Waals surface area contributed by atoms with Crippen molar-refractivity contribution in [3.05, 3.63) is 21.0 Å². The smallest absolute Gasteiger partial charge is 0.410 e. The number of rotatable bonds is 0. The number of allylic oxidation sites excluding steroid dienone is 2. The number of hydrogen-bond donors (Lipinski definition) is 0. The number of aliphatic imine (C=N–C) groups is 2. The standard InChI is InChI=1S/C23H29BrClFN4O5/c1-23(2,3)35-22(31)30-10-13-9-12(30)11-34-21-27-18-14-19(16(25)15(24)17(18)26)33-8-6-29(20(14)28-21)5-4-7-32-13/h12-14,19H,4-11H2,1-3H3/t12-,13+,14?,19?/m1/s1. The van der Waals surface area contributed by atoms with Gasteiger partial charge in [0.2, 0.25) is 0 Å². The molecule has 2 unspecified atom stereocenters. The summed E-state index contributed by atoms with van der Waals surface area (Å²) in [7, 11) is 0. The Morgan fingerprint density at radius 1 is 1.23 bits per heavy atom. The van der Waals surface area contributed by atoms with E-state index in [2.05, 4.69) is 25.8 Å². The first kappa shape index (κ1) is 25.0. The van der Waals surface area contributed by atoms with Gasteiger partial charge in [-0.15, -0.1) is 0 Å². The quantitative estimate of drug-likeness (QED) is 0.435. The van der Waals surface area contributed by atoms with Crippen LogP contribution >= 0.6 is 27.5 Å². The predicted molar refractivity (Wildman–Crippen MR) is 131 cm³/mol. The molecule has 0 aromatic heterocycles. The maximum atomic E-state index is 15.3. The number of carbonyl (C=O) groups excluding carboxylic acids is 1. The summed E-state index contributed by atoms with van der Waals surface area (Å²) in [6, 6.07) is -0.234. The number of fused-ring (bicyclic) bond motifs is 3. The molecule has 12 heteroatoms. The lowest BCUT2D eigenvalue weighted by atomic mass is 9.90. The third kappa shape index (κ3) is 4.97. The Bertz CT molecular complexity index is 1030. The van der Waals surface area contributed by atoms with E-state index < -0.39 is 29.5 Å². The van der Waals surface area contributed by atoms with Crippen LogP contribution in [0.25, 0.3) is 0 Å². The normalized spacial score (nSPS) is 31.5. The highest BCUT2D eigenvalue weighted by molar-refractivity contribution is 9.12. The third-order valence-corrected chi connectivity index (χ3v) is 7.90. The second kappa shape index (κ2) is 9.64. The minimum Gasteiger partial charge on any atom is -0.461 e. The second-order valence-corrected chi connectivity index (χ2v) is 11.4. The van der Waals surface area contributed by atoms with Gasteiger partial charge in [0.05, 0.1) is 46.4 Å². The van der Waals surface area contributed by atoms with Crippen LogP contribution in [0.5, 0.6) is 0 Å². The number of halogens is 3. The third-order valence-electron chi connectivity index (χ3n) is 6.50. The van der Waals surface area contributed by atoms with Gasteiger partial charge in [0.25, 0.3) is 0 Å². The molecule has 0 spiro atoms. The van der Waals surface area contributed by atoms with Crippen molar-refractivity contribution in [1.29, 1.82) is 0 Å². The van der Waals surface area contributed by atoms with Crippen LogP contribution in [0.3, 0.4) is 0 Å². The van der Waals surface area contributed by atoms with Crippen LogP contribution in [0, 0.1) is 5.92 Å². The van der Waals surface area contributed by atoms with Gasteiger partial charge in [-0.2, -0.15) is 9.98 Å². The Kier molecular flexibility index (Phi) is 6.88. The largest absolute Gasteiger partial charge is 0.461 e. The number of carbonyl (C=O) groups is 1. The molecule has 9 nitrogen and oxygen atoms in total. The number of hydrogen-bond acceptors (Lipinski definition) is 8. The Hall–Kier alpha value is -1.69. The SMILES string of the molecule is CC(C)(C)OC(=O)N1C[C@@H]2C[C@@H]1COC1=NC3=C(F)C(Br)=C(Cl)C4OCCN(CCCO2)C(=N1)C34. The van der Waals surface area contributed by atoms with Crippen molar-refractivity contribution >= 4 is 45.5 Å². The molecule has 0 aromatic rings. The van der Waals surface area contributed by atoms with Crippen molar-refractivity contribution in [2.45, 2.75) is 57.5 Å². The summed E-state index contributed by atoms with van der Waals surface area (Å²) in [6.45, 7) is 8.19. The summed E-state index contributed by atoms with van der Waals surface area (Å²) in [4.78, 5) is 25.7. The zero-order valence-corrected chi connectivity index (χ0v) is 22.3. The predicted octanol–water partition coefficient (Wildman–Crippen LogP) is 3.93. The topological polar surface area (TPSA) is 85.2 Å². The Balaban J connectivity index is 1.47. The summed E-state index contributed by atoms with van der Waals surface area (Å²) in [5.41, 5.74) is -0.441. The lowest BCUT2D eigenvalue weighted by Gasteiger charge is -2.35. The number of amidine groups is 2. The molecular formula is C23H29BrClFN4O5. The lowest BCUT2D eigenvalue weighted by Crippen LogP contribution is -2.45. The molecule has 5 aliphatic rings. The van der Waals surface area contributed by atoms with E-state index in [9.17, 15) is 4.79 Å². The molecular weight excluding hydrogens is 547 g/mol. The molecule has 0 N–H and O–H groups in total. The van der Waals surface area contributed by atoms with Crippen molar-refractivity contribution in [3.63, 3.8) is 0 Å². The maximum Gasteiger partial charge on any atom is 0.410 e. The Morgan fingerprint density at radius 3 is 2.80 bits per heavy atom. The highest BCUT2D eigenvalue weighted by Crippen LogP contribution is 2.45. The molecule has 5 rings (SSSR count). The minimum atomic E-state index is -0.620. The van der Waals surface area contributed by atoms with E-state index in [0.29, 0.717) is 45.1 Å². The zero-order valence-electron chi connectivity index (χ0n) is 19.9. The van der Waals surface area contributed by atoms with Gasteiger partial charge in [-0.1, -0.05) is 11.6 Å². The molecule has 4 atom stereocenters. The van der Waals surface area contributed by atoms with Crippen molar-refractivity contribution in [1.82, 2.24) is 9.80 Å². The van der Waals surface area contributed by atoms with Crippen LogP contribution in [0.15, 0.2) is 31.0 Å². The molecule has 35 heavy (non-hydrogen) atoms. The van der Waals surface area contributed by atoms with E-state index in [0.717, 1.165) is 6.42 Å². The fourth-order valence-electron chi connectivity index (χ4n) is 4.95. The highest BCUT2D eigenvalue weighted by Gasteiger charge is 2.47. The fourth-order valence-corrected chi connectivity index (χ4v) is 5.65. The molecule has 2 saturated heterocycles. The first-order valence-electron chi connectivity index (χ1n) is 11.9. The van der Waals surface area contributed by atoms with Gasteiger partial charge in [-0.25, -0.2) is 9.18 Å². The number of nitrogens with zero attached hydrogens (tertiary/aromatic N) is 4. The van der Waals surface area contributed by atoms with Gasteiger partial charge in [-0.3, -0.25) is 4.90 Å². The molecule has 4 aliphatic heterocycles. The van der Waals surface area contributed by atoms with Gasteiger partial charge in [0.15, 0.2) is 5.83 Å². The van der Waals surface area contributed by atoms with Crippen LogP contribution in [-0.2, 0) is 18.9 Å². The summed E-state index contributed by atoms with van der Waals surface area (Å²) < 4.78 is 39.2. The first-order chi connectivity index (χ1) is 16.6. The van der Waals surface area contributed by atoms with Crippen LogP contribution in [-0.4, -0.2) is 91.1 Å². The Morgan fingerprint density at radius 2 is 2.03 bits per heavy atom. The van der Waals surface area contributed by atoms with Crippen LogP contribution in [0.1, 0.15) is 33.6 Å². The minimum absolute atomic E-state index is 0.0538. The van der Waals surface area contributed by atoms with Gasteiger partial charge in [0.1, 0.15) is 24.1 Å². The van der Waals surface area contributed by atoms with Crippen LogP contribution in [0.2, 0.25) is 0 Å². The molecule has 0 radical (unpaired) electrons. The van der Waals surface area contributed by atoms with Crippen LogP contribution in [0.4, 0.5) is 9.18 Å². The van der Waals surface area contributed by atoms with Gasteiger partial charge >= 0.3 is 12.1 Å². The summed E-state index contributed by atoms with van der Waals surface area (Å²) in [5.74, 6) is -0.507. The van der Waals surface area contributed by atoms with Gasteiger partial charge in [0, 0.05) is 19.7 Å². The monoisotopic (exact) mass is 574 g/mol. The van der Waals surface area contributed by atoms with Gasteiger partial charge in [-0.05, 0) is 49.5 Å². The van der Waals surface area contributed by atoms with E-state index in [1.807, 2.05) is 20.8 Å². The average Bonchev–Trinajstić information content (AvgIpc) is 3.12. The molecule has 2 fully saturated rings. The molecule has 4 bridgehead atoms. The van der Waals surface area contributed by atoms with Crippen LogP contribution < -0.4 is 0 Å². The summed E-state index contributed by atoms with van der Waals surface area (Å²) >= 11 is 9.72. The maximum absolute atomic E-state index is 15.3. The lowest BCUT2D eigenvalue weighted by molar-refractivity contribution is 0.0133. The molecule has 1 aliphatic carbocycles. The van der Waals surface area contributed by atoms with E-state index >= 15 is 4.39 Å². The van der Waals surface area contributed by atoms with E-state index in [-0.39, 0.29) is 40.0 Å². The molecule has 192 valence electrons. The van der Waals surface area contributed by atoms with Crippen molar-refractivity contribution < 1.29 is 28.1 Å². The molecule has 0 aromatic carbocycles. The second-order valence-electron chi connectivity index (χ2n) is 10.2. The number of amides is 1. The highest BCUT2D eigenvalue weighted by atomic mass is 79.9. The molecule has 0 saturated carbocycles.